The Balaban J connectivity index is 0.000000810. The van der Waals surface area contributed by atoms with E-state index in [1.54, 1.807) is 0 Å². The third-order valence-corrected chi connectivity index (χ3v) is 1.18. The summed E-state index contributed by atoms with van der Waals surface area (Å²) in [6.07, 6.45) is 0. The van der Waals surface area contributed by atoms with Crippen molar-refractivity contribution in [3.63, 3.8) is 0 Å². The zero-order valence-electron chi connectivity index (χ0n) is 6.44. The van der Waals surface area contributed by atoms with Crippen LogP contribution in [0.1, 0.15) is 17.1 Å². The quantitative estimate of drug-likeness (QED) is 0.463. The first-order valence-electron chi connectivity index (χ1n) is 3.06. The number of aryl methyl sites for hydroxylation is 3. The number of halogens is 1. The van der Waals surface area contributed by atoms with E-state index >= 15 is 0 Å². The second kappa shape index (κ2) is 3.57. The lowest BCUT2D eigenvalue weighted by Crippen LogP contribution is -3.00. The van der Waals surface area contributed by atoms with Crippen LogP contribution in [-0.4, -0.2) is 0 Å². The summed E-state index contributed by atoms with van der Waals surface area (Å²) in [5, 5.41) is 0. The van der Waals surface area contributed by atoms with Gasteiger partial charge in [-0.15, -0.1) is 0 Å². The lowest BCUT2D eigenvalue weighted by Gasteiger charge is -1.84. The lowest BCUT2D eigenvalue weighted by molar-refractivity contribution is -0.00000293. The van der Waals surface area contributed by atoms with Crippen molar-refractivity contribution in [2.24, 2.45) is 0 Å². The fraction of sp³-hybridized carbons (Fsp3) is 0.375. The molecule has 56 valence electrons. The van der Waals surface area contributed by atoms with Crippen LogP contribution in [0, 0.1) is 20.8 Å². The van der Waals surface area contributed by atoms with Crippen molar-refractivity contribution >= 4 is 0 Å². The molecule has 0 aliphatic heterocycles. The van der Waals surface area contributed by atoms with E-state index in [1.165, 1.54) is 5.56 Å². The zero-order chi connectivity index (χ0) is 6.85. The Hall–Kier alpha value is -0.560. The van der Waals surface area contributed by atoms with E-state index in [2.05, 4.69) is 6.92 Å². The Morgan fingerprint density at radius 3 is 1.70 bits per heavy atom. The molecule has 1 nitrogen and oxygen atoms in total. The average Bonchev–Trinajstić information content (AvgIpc) is 1.59. The molecule has 1 aromatic rings. The average molecular weight is 159 g/mol. The van der Waals surface area contributed by atoms with Crippen molar-refractivity contribution in [3.8, 4) is 0 Å². The summed E-state index contributed by atoms with van der Waals surface area (Å²) in [5.41, 5.74) is 1.26. The van der Waals surface area contributed by atoms with Gasteiger partial charge >= 0.3 is 11.5 Å². The topological polar surface area (TPSA) is 11.3 Å². The van der Waals surface area contributed by atoms with Crippen LogP contribution in [0.25, 0.3) is 0 Å². The molecule has 10 heavy (non-hydrogen) atoms. The van der Waals surface area contributed by atoms with Crippen LogP contribution in [0.3, 0.4) is 0 Å². The molecule has 1 aromatic heterocycles. The highest BCUT2D eigenvalue weighted by Crippen LogP contribution is 2.06. The van der Waals surface area contributed by atoms with E-state index in [0.717, 1.165) is 11.5 Å². The van der Waals surface area contributed by atoms with Crippen molar-refractivity contribution in [2.45, 2.75) is 20.8 Å². The van der Waals surface area contributed by atoms with Crippen LogP contribution < -0.4 is 12.4 Å². The SMILES string of the molecule is Cc1cc(C)[o+]c(C)c1.[Cl-]. The number of rotatable bonds is 0. The summed E-state index contributed by atoms with van der Waals surface area (Å²) in [7, 11) is 0. The Kier molecular flexibility index (Phi) is 3.37. The molecule has 0 fully saturated rings. The van der Waals surface area contributed by atoms with Crippen LogP contribution in [0.15, 0.2) is 16.5 Å². The van der Waals surface area contributed by atoms with Gasteiger partial charge in [0.15, 0.2) is 0 Å². The molecule has 1 heterocycles. The molecule has 0 aliphatic rings. The molecule has 0 amide bonds. The van der Waals surface area contributed by atoms with Crippen LogP contribution >= 0.6 is 0 Å². The maximum absolute atomic E-state index is 5.26. The molecule has 0 aliphatic carbocycles. The largest absolute Gasteiger partial charge is 1.00 e. The van der Waals surface area contributed by atoms with E-state index in [0.29, 0.717) is 0 Å². The standard InChI is InChI=1S/C8H11O.ClH/c1-6-4-7(2)9-8(3)5-6;/h4-5H,1-3H3;1H/q+1;/p-1. The van der Waals surface area contributed by atoms with Crippen molar-refractivity contribution in [2.75, 3.05) is 0 Å². The van der Waals surface area contributed by atoms with Gasteiger partial charge in [0.25, 0.3) is 0 Å². The highest BCUT2D eigenvalue weighted by Gasteiger charge is 2.03. The minimum atomic E-state index is 0. The summed E-state index contributed by atoms with van der Waals surface area (Å²) >= 11 is 0. The van der Waals surface area contributed by atoms with Crippen molar-refractivity contribution in [1.29, 1.82) is 0 Å². The fourth-order valence-corrected chi connectivity index (χ4v) is 0.996. The molecule has 0 saturated heterocycles. The van der Waals surface area contributed by atoms with Crippen molar-refractivity contribution in [1.82, 2.24) is 0 Å². The van der Waals surface area contributed by atoms with E-state index in [1.807, 2.05) is 26.0 Å². The third kappa shape index (κ3) is 2.36. The van der Waals surface area contributed by atoms with Crippen LogP contribution in [0.5, 0.6) is 0 Å². The maximum atomic E-state index is 5.26. The van der Waals surface area contributed by atoms with E-state index < -0.39 is 0 Å². The predicted octanol–water partition coefficient (Wildman–Crippen LogP) is -0.510. The monoisotopic (exact) mass is 158 g/mol. The van der Waals surface area contributed by atoms with Gasteiger partial charge in [0.05, 0.1) is 13.8 Å². The first kappa shape index (κ1) is 9.44. The molecule has 0 bridgehead atoms. The summed E-state index contributed by atoms with van der Waals surface area (Å²) in [6.45, 7) is 5.98. The van der Waals surface area contributed by atoms with Crippen molar-refractivity contribution < 1.29 is 16.8 Å². The van der Waals surface area contributed by atoms with Gasteiger partial charge in [0, 0.05) is 12.1 Å². The normalized spacial score (nSPS) is 8.70. The second-order valence-electron chi connectivity index (χ2n) is 2.36. The van der Waals surface area contributed by atoms with Gasteiger partial charge in [-0.2, -0.15) is 0 Å². The molecule has 0 spiro atoms. The van der Waals surface area contributed by atoms with E-state index in [4.69, 9.17) is 4.42 Å². The molecule has 0 atom stereocenters. The molecule has 0 aromatic carbocycles. The lowest BCUT2D eigenvalue weighted by atomic mass is 10.2. The Morgan fingerprint density at radius 1 is 1.00 bits per heavy atom. The highest BCUT2D eigenvalue weighted by atomic mass is 35.5. The Labute approximate surface area is 67.5 Å². The Morgan fingerprint density at radius 2 is 1.40 bits per heavy atom. The van der Waals surface area contributed by atoms with Crippen LogP contribution in [-0.2, 0) is 0 Å². The minimum Gasteiger partial charge on any atom is -1.00 e. The summed E-state index contributed by atoms with van der Waals surface area (Å²) in [6, 6.07) is 4.04. The maximum Gasteiger partial charge on any atom is 0.326 e. The molecule has 2 heteroatoms. The van der Waals surface area contributed by atoms with E-state index in [-0.39, 0.29) is 12.4 Å². The Bertz CT molecular complexity index is 170. The van der Waals surface area contributed by atoms with Gasteiger partial charge < -0.3 is 12.4 Å². The summed E-state index contributed by atoms with van der Waals surface area (Å²) in [4.78, 5) is 0. The van der Waals surface area contributed by atoms with Crippen LogP contribution in [0.4, 0.5) is 0 Å². The van der Waals surface area contributed by atoms with Gasteiger partial charge in [-0.05, 0) is 12.5 Å². The smallest absolute Gasteiger partial charge is 0.326 e. The first-order chi connectivity index (χ1) is 4.18. The molecule has 0 unspecified atom stereocenters. The van der Waals surface area contributed by atoms with Crippen molar-refractivity contribution in [3.05, 3.63) is 29.2 Å². The third-order valence-electron chi connectivity index (χ3n) is 1.18. The molecule has 0 saturated carbocycles. The van der Waals surface area contributed by atoms with Crippen LogP contribution in [0.2, 0.25) is 0 Å². The first-order valence-corrected chi connectivity index (χ1v) is 3.06. The molecule has 0 N–H and O–H groups in total. The minimum absolute atomic E-state index is 0. The molecular formula is C8H11ClO. The van der Waals surface area contributed by atoms with Gasteiger partial charge in [-0.3, -0.25) is 0 Å². The highest BCUT2D eigenvalue weighted by molar-refractivity contribution is 5.14. The van der Waals surface area contributed by atoms with Gasteiger partial charge in [0.1, 0.15) is 0 Å². The van der Waals surface area contributed by atoms with E-state index in [9.17, 15) is 0 Å². The zero-order valence-corrected chi connectivity index (χ0v) is 7.20. The molecular weight excluding hydrogens is 148 g/mol. The van der Waals surface area contributed by atoms with Gasteiger partial charge in [-0.1, -0.05) is 0 Å². The second-order valence-corrected chi connectivity index (χ2v) is 2.36. The summed E-state index contributed by atoms with van der Waals surface area (Å²) < 4.78 is 5.26. The summed E-state index contributed by atoms with van der Waals surface area (Å²) in [5.74, 6) is 1.96. The molecule has 0 radical (unpaired) electrons. The number of hydrogen-bond donors (Lipinski definition) is 0. The molecule has 1 rings (SSSR count). The predicted molar refractivity (Wildman–Crippen MR) is 37.3 cm³/mol. The van der Waals surface area contributed by atoms with Gasteiger partial charge in [0.2, 0.25) is 0 Å². The van der Waals surface area contributed by atoms with Gasteiger partial charge in [-0.25, -0.2) is 4.42 Å². The number of hydrogen-bond acceptors (Lipinski definition) is 0. The fourth-order valence-electron chi connectivity index (χ4n) is 0.996.